The number of methoxy groups -OCH3 is 1. The molecule has 0 spiro atoms. The van der Waals surface area contributed by atoms with Crippen LogP contribution < -0.4 is 4.74 Å². The average Bonchev–Trinajstić information content (AvgIpc) is 2.46. The standard InChI is InChI=1S/C14H15NO2S/c1-17-12-7-11(8-15-9-12)14(16)10-18-13-5-3-2-4-6-13/h2-9,14,16H,10H2,1H3. The van der Waals surface area contributed by atoms with Gasteiger partial charge in [0.2, 0.25) is 0 Å². The van der Waals surface area contributed by atoms with Crippen molar-refractivity contribution in [2.45, 2.75) is 11.0 Å². The van der Waals surface area contributed by atoms with Gasteiger partial charge in [-0.3, -0.25) is 4.98 Å². The summed E-state index contributed by atoms with van der Waals surface area (Å²) in [6.07, 6.45) is 2.75. The number of hydrogen-bond acceptors (Lipinski definition) is 4. The molecule has 1 aromatic carbocycles. The fourth-order valence-corrected chi connectivity index (χ4v) is 2.41. The number of aliphatic hydroxyl groups is 1. The SMILES string of the molecule is COc1cncc(C(O)CSc2ccccc2)c1. The van der Waals surface area contributed by atoms with E-state index in [1.54, 1.807) is 31.3 Å². The lowest BCUT2D eigenvalue weighted by atomic mass is 10.2. The van der Waals surface area contributed by atoms with E-state index in [0.29, 0.717) is 11.5 Å². The van der Waals surface area contributed by atoms with Crippen molar-refractivity contribution in [2.75, 3.05) is 12.9 Å². The first-order valence-corrected chi connectivity index (χ1v) is 6.63. The zero-order valence-corrected chi connectivity index (χ0v) is 10.9. The lowest BCUT2D eigenvalue weighted by Crippen LogP contribution is -2.01. The molecule has 2 rings (SSSR count). The normalized spacial score (nSPS) is 12.1. The Morgan fingerprint density at radius 1 is 1.28 bits per heavy atom. The van der Waals surface area contributed by atoms with Crippen molar-refractivity contribution >= 4 is 11.8 Å². The highest BCUT2D eigenvalue weighted by molar-refractivity contribution is 7.99. The van der Waals surface area contributed by atoms with Crippen molar-refractivity contribution in [3.8, 4) is 5.75 Å². The molecular weight excluding hydrogens is 246 g/mol. The molecule has 0 aliphatic carbocycles. The molecule has 3 nitrogen and oxygen atoms in total. The smallest absolute Gasteiger partial charge is 0.137 e. The molecule has 0 aliphatic heterocycles. The molecule has 0 amide bonds. The highest BCUT2D eigenvalue weighted by Gasteiger charge is 2.09. The van der Waals surface area contributed by atoms with Gasteiger partial charge in [-0.1, -0.05) is 18.2 Å². The van der Waals surface area contributed by atoms with Gasteiger partial charge in [0.05, 0.1) is 19.4 Å². The van der Waals surface area contributed by atoms with Gasteiger partial charge in [0.25, 0.3) is 0 Å². The molecule has 1 heterocycles. The molecule has 0 saturated heterocycles. The largest absolute Gasteiger partial charge is 0.495 e. The number of pyridine rings is 1. The Hall–Kier alpha value is -1.52. The van der Waals surface area contributed by atoms with E-state index in [2.05, 4.69) is 4.98 Å². The first-order chi connectivity index (χ1) is 8.79. The summed E-state index contributed by atoms with van der Waals surface area (Å²) < 4.78 is 5.09. The molecule has 2 aromatic rings. The van der Waals surface area contributed by atoms with Crippen LogP contribution in [0.4, 0.5) is 0 Å². The molecule has 1 aromatic heterocycles. The van der Waals surface area contributed by atoms with Crippen molar-refractivity contribution in [1.29, 1.82) is 0 Å². The number of thioether (sulfide) groups is 1. The second-order valence-electron chi connectivity index (χ2n) is 3.80. The molecule has 94 valence electrons. The summed E-state index contributed by atoms with van der Waals surface area (Å²) in [6, 6.07) is 11.8. The Kier molecular flexibility index (Phi) is 4.61. The Labute approximate surface area is 111 Å². The van der Waals surface area contributed by atoms with Gasteiger partial charge >= 0.3 is 0 Å². The number of rotatable bonds is 5. The number of benzene rings is 1. The zero-order valence-electron chi connectivity index (χ0n) is 10.1. The summed E-state index contributed by atoms with van der Waals surface area (Å²) in [4.78, 5) is 5.18. The molecule has 1 atom stereocenters. The van der Waals surface area contributed by atoms with E-state index in [9.17, 15) is 5.11 Å². The predicted molar refractivity (Wildman–Crippen MR) is 72.9 cm³/mol. The highest BCUT2D eigenvalue weighted by Crippen LogP contribution is 2.25. The fourth-order valence-electron chi connectivity index (χ4n) is 1.52. The van der Waals surface area contributed by atoms with E-state index in [-0.39, 0.29) is 0 Å². The van der Waals surface area contributed by atoms with E-state index in [0.717, 1.165) is 10.5 Å². The Balaban J connectivity index is 1.97. The second kappa shape index (κ2) is 6.42. The molecule has 0 fully saturated rings. The van der Waals surface area contributed by atoms with E-state index < -0.39 is 6.10 Å². The Morgan fingerprint density at radius 2 is 2.06 bits per heavy atom. The van der Waals surface area contributed by atoms with Gasteiger partial charge in [-0.05, 0) is 18.2 Å². The molecule has 18 heavy (non-hydrogen) atoms. The highest BCUT2D eigenvalue weighted by atomic mass is 32.2. The average molecular weight is 261 g/mol. The summed E-state index contributed by atoms with van der Waals surface area (Å²) in [5.41, 5.74) is 0.776. The van der Waals surface area contributed by atoms with Gasteiger partial charge in [0.1, 0.15) is 5.75 Å². The van der Waals surface area contributed by atoms with Crippen molar-refractivity contribution in [3.63, 3.8) is 0 Å². The number of aromatic nitrogens is 1. The van der Waals surface area contributed by atoms with Crippen LogP contribution in [0.2, 0.25) is 0 Å². The zero-order chi connectivity index (χ0) is 12.8. The van der Waals surface area contributed by atoms with Crippen LogP contribution >= 0.6 is 11.8 Å². The molecule has 0 radical (unpaired) electrons. The van der Waals surface area contributed by atoms with Crippen LogP contribution in [-0.4, -0.2) is 23.0 Å². The third-order valence-electron chi connectivity index (χ3n) is 2.51. The van der Waals surface area contributed by atoms with Crippen LogP contribution in [0, 0.1) is 0 Å². The molecule has 0 saturated carbocycles. The first kappa shape index (κ1) is 12.9. The van der Waals surface area contributed by atoms with Crippen LogP contribution in [0.15, 0.2) is 53.7 Å². The van der Waals surface area contributed by atoms with Crippen molar-refractivity contribution in [1.82, 2.24) is 4.98 Å². The maximum atomic E-state index is 10.1. The van der Waals surface area contributed by atoms with Crippen LogP contribution in [0.5, 0.6) is 5.75 Å². The molecular formula is C14H15NO2S. The summed E-state index contributed by atoms with van der Waals surface area (Å²) >= 11 is 1.62. The van der Waals surface area contributed by atoms with E-state index in [1.807, 2.05) is 36.4 Å². The van der Waals surface area contributed by atoms with Crippen LogP contribution in [0.3, 0.4) is 0 Å². The fraction of sp³-hybridized carbons (Fsp3) is 0.214. The maximum Gasteiger partial charge on any atom is 0.137 e. The summed E-state index contributed by atoms with van der Waals surface area (Å²) in [7, 11) is 1.59. The third-order valence-corrected chi connectivity index (χ3v) is 3.59. The minimum absolute atomic E-state index is 0.544. The van der Waals surface area contributed by atoms with E-state index >= 15 is 0 Å². The second-order valence-corrected chi connectivity index (χ2v) is 4.89. The number of hydrogen-bond donors (Lipinski definition) is 1. The minimum atomic E-state index is -0.544. The minimum Gasteiger partial charge on any atom is -0.495 e. The van der Waals surface area contributed by atoms with Gasteiger partial charge in [0, 0.05) is 22.4 Å². The van der Waals surface area contributed by atoms with Gasteiger partial charge in [-0.15, -0.1) is 11.8 Å². The summed E-state index contributed by atoms with van der Waals surface area (Å²) in [5, 5.41) is 10.1. The lowest BCUT2D eigenvalue weighted by Gasteiger charge is -2.11. The van der Waals surface area contributed by atoms with Crippen LogP contribution in [0.25, 0.3) is 0 Å². The van der Waals surface area contributed by atoms with Crippen molar-refractivity contribution in [3.05, 3.63) is 54.4 Å². The monoisotopic (exact) mass is 261 g/mol. The Morgan fingerprint density at radius 3 is 2.78 bits per heavy atom. The summed E-state index contributed by atoms with van der Waals surface area (Å²) in [5.74, 6) is 1.26. The molecule has 0 bridgehead atoms. The maximum absolute atomic E-state index is 10.1. The molecule has 4 heteroatoms. The van der Waals surface area contributed by atoms with Gasteiger partial charge in [-0.2, -0.15) is 0 Å². The van der Waals surface area contributed by atoms with Crippen LogP contribution in [-0.2, 0) is 0 Å². The third kappa shape index (κ3) is 3.48. The van der Waals surface area contributed by atoms with E-state index in [1.165, 1.54) is 0 Å². The lowest BCUT2D eigenvalue weighted by molar-refractivity contribution is 0.203. The first-order valence-electron chi connectivity index (χ1n) is 5.64. The molecule has 1 N–H and O–H groups in total. The molecule has 1 unspecified atom stereocenters. The van der Waals surface area contributed by atoms with Gasteiger partial charge < -0.3 is 9.84 Å². The van der Waals surface area contributed by atoms with Crippen LogP contribution in [0.1, 0.15) is 11.7 Å². The number of aliphatic hydroxyl groups excluding tert-OH is 1. The number of nitrogens with zero attached hydrogens (tertiary/aromatic N) is 1. The van der Waals surface area contributed by atoms with E-state index in [4.69, 9.17) is 4.74 Å². The number of ether oxygens (including phenoxy) is 1. The molecule has 0 aliphatic rings. The Bertz CT molecular complexity index is 490. The van der Waals surface area contributed by atoms with Gasteiger partial charge in [-0.25, -0.2) is 0 Å². The quantitative estimate of drug-likeness (QED) is 0.840. The topological polar surface area (TPSA) is 42.4 Å². The van der Waals surface area contributed by atoms with Crippen molar-refractivity contribution in [2.24, 2.45) is 0 Å². The summed E-state index contributed by atoms with van der Waals surface area (Å²) in [6.45, 7) is 0. The predicted octanol–water partition coefficient (Wildman–Crippen LogP) is 2.92. The van der Waals surface area contributed by atoms with Gasteiger partial charge in [0.15, 0.2) is 0 Å². The van der Waals surface area contributed by atoms with Crippen molar-refractivity contribution < 1.29 is 9.84 Å².